The molecule has 1 aliphatic rings. The molecule has 0 aromatic heterocycles. The van der Waals surface area contributed by atoms with Gasteiger partial charge in [-0.25, -0.2) is 0 Å². The lowest BCUT2D eigenvalue weighted by Crippen LogP contribution is -2.52. The molecule has 2 atom stereocenters. The summed E-state index contributed by atoms with van der Waals surface area (Å²) < 4.78 is 5.45. The van der Waals surface area contributed by atoms with Crippen LogP contribution in [0.4, 0.5) is 0 Å². The molecule has 0 heterocycles. The fourth-order valence-electron chi connectivity index (χ4n) is 4.29. The van der Waals surface area contributed by atoms with E-state index < -0.39 is 17.5 Å². The van der Waals surface area contributed by atoms with Crippen LogP contribution < -0.4 is 10.6 Å². The smallest absolute Gasteiger partial charge is 0.306 e. The maximum atomic E-state index is 13.2. The fraction of sp³-hybridized carbons (Fsp3) is 0.519. The van der Waals surface area contributed by atoms with Gasteiger partial charge in [-0.1, -0.05) is 55.3 Å². The number of benzene rings is 1. The number of esters is 1. The van der Waals surface area contributed by atoms with Crippen molar-refractivity contribution in [3.63, 3.8) is 0 Å². The van der Waals surface area contributed by atoms with Crippen molar-refractivity contribution >= 4 is 17.8 Å². The molecule has 3 N–H and O–H groups in total. The molecule has 7 nitrogen and oxygen atoms in total. The van der Waals surface area contributed by atoms with E-state index in [-0.39, 0.29) is 43.8 Å². The van der Waals surface area contributed by atoms with E-state index in [1.54, 1.807) is 12.2 Å². The predicted octanol–water partition coefficient (Wildman–Crippen LogP) is 3.23. The summed E-state index contributed by atoms with van der Waals surface area (Å²) in [6, 6.07) is 9.17. The fourth-order valence-corrected chi connectivity index (χ4v) is 4.29. The number of hydrogen-bond donors (Lipinski definition) is 3. The van der Waals surface area contributed by atoms with Crippen LogP contribution in [-0.2, 0) is 25.5 Å². The maximum absolute atomic E-state index is 13.2. The second kappa shape index (κ2) is 14.4. The van der Waals surface area contributed by atoms with E-state index in [9.17, 15) is 19.5 Å². The van der Waals surface area contributed by atoms with Gasteiger partial charge in [0.2, 0.25) is 11.8 Å². The van der Waals surface area contributed by atoms with Gasteiger partial charge >= 0.3 is 5.97 Å². The van der Waals surface area contributed by atoms with Crippen LogP contribution in [-0.4, -0.2) is 47.7 Å². The van der Waals surface area contributed by atoms with Crippen LogP contribution in [0.15, 0.2) is 55.6 Å². The molecular formula is C27H38N2O5. The van der Waals surface area contributed by atoms with Gasteiger partial charge in [0.15, 0.2) is 0 Å². The number of hydrogen-bond acceptors (Lipinski definition) is 5. The molecule has 1 aliphatic carbocycles. The number of aliphatic hydroxyl groups is 1. The highest BCUT2D eigenvalue weighted by atomic mass is 16.5. The molecule has 34 heavy (non-hydrogen) atoms. The minimum atomic E-state index is -0.599. The zero-order chi connectivity index (χ0) is 24.8. The third-order valence-electron chi connectivity index (χ3n) is 6.18. The molecule has 0 aliphatic heterocycles. The lowest BCUT2D eigenvalue weighted by molar-refractivity contribution is -0.147. The van der Waals surface area contributed by atoms with Crippen LogP contribution >= 0.6 is 0 Å². The molecule has 0 radical (unpaired) electrons. The van der Waals surface area contributed by atoms with Gasteiger partial charge < -0.3 is 20.5 Å². The van der Waals surface area contributed by atoms with Crippen molar-refractivity contribution in [2.75, 3.05) is 13.2 Å². The number of nitrogens with one attached hydrogen (secondary N) is 2. The minimum absolute atomic E-state index is 0.0155. The minimum Gasteiger partial charge on any atom is -0.463 e. The second-order valence-corrected chi connectivity index (χ2v) is 9.03. The third kappa shape index (κ3) is 9.14. The molecule has 0 bridgehead atoms. The Morgan fingerprint density at radius 3 is 2.44 bits per heavy atom. The number of carbonyl (C=O) groups is 3. The summed E-state index contributed by atoms with van der Waals surface area (Å²) in [6.45, 7) is 7.27. The lowest BCUT2D eigenvalue weighted by atomic mass is 9.94. The zero-order valence-corrected chi connectivity index (χ0v) is 20.0. The van der Waals surface area contributed by atoms with Crippen molar-refractivity contribution in [3.05, 3.63) is 61.2 Å². The van der Waals surface area contributed by atoms with Gasteiger partial charge in [0.25, 0.3) is 0 Å². The number of carbonyl (C=O) groups excluding carboxylic acids is 3. The summed E-state index contributed by atoms with van der Waals surface area (Å²) in [6.07, 6.45) is 8.27. The molecular weight excluding hydrogens is 432 g/mol. The van der Waals surface area contributed by atoms with Crippen LogP contribution in [0.25, 0.3) is 0 Å². The number of aliphatic hydroxyl groups excluding tert-OH is 1. The van der Waals surface area contributed by atoms with Crippen LogP contribution in [0.1, 0.15) is 56.9 Å². The van der Waals surface area contributed by atoms with Gasteiger partial charge in [-0.2, -0.15) is 0 Å². The Hall–Kier alpha value is -2.93. The highest BCUT2D eigenvalue weighted by Crippen LogP contribution is 2.31. The molecule has 1 aromatic rings. The van der Waals surface area contributed by atoms with Crippen LogP contribution in [0.3, 0.4) is 0 Å². The van der Waals surface area contributed by atoms with Crippen LogP contribution in [0, 0.1) is 5.92 Å². The molecule has 1 saturated carbocycles. The number of amides is 2. The van der Waals surface area contributed by atoms with Crippen molar-refractivity contribution in [3.8, 4) is 0 Å². The number of ether oxygens (including phenoxy) is 1. The van der Waals surface area contributed by atoms with E-state index in [1.165, 1.54) is 0 Å². The first-order valence-electron chi connectivity index (χ1n) is 12.0. The first-order valence-corrected chi connectivity index (χ1v) is 12.0. The molecule has 0 spiro atoms. The Balaban J connectivity index is 1.95. The van der Waals surface area contributed by atoms with E-state index in [4.69, 9.17) is 4.74 Å². The third-order valence-corrected chi connectivity index (χ3v) is 6.18. The van der Waals surface area contributed by atoms with Crippen molar-refractivity contribution in [2.24, 2.45) is 5.92 Å². The van der Waals surface area contributed by atoms with Crippen molar-refractivity contribution < 1.29 is 24.2 Å². The van der Waals surface area contributed by atoms with Crippen molar-refractivity contribution in [2.45, 2.75) is 69.4 Å². The molecule has 186 valence electrons. The Morgan fingerprint density at radius 1 is 1.12 bits per heavy atom. The molecule has 1 aromatic carbocycles. The van der Waals surface area contributed by atoms with Gasteiger partial charge in [0, 0.05) is 12.8 Å². The Kier molecular flexibility index (Phi) is 11.5. The zero-order valence-electron chi connectivity index (χ0n) is 20.0. The molecule has 2 rings (SSSR count). The maximum Gasteiger partial charge on any atom is 0.306 e. The van der Waals surface area contributed by atoms with Crippen molar-refractivity contribution in [1.29, 1.82) is 0 Å². The standard InChI is InChI=1S/C27H38N2O5/c1-3-5-14-25(32)34-20-27(15-9-10-16-27)29-26(33)22(11-4-2)18-24(31)28-23(19-30)17-21-12-7-6-8-13-21/h3-4,6-8,12-13,22-23,30H,1-2,5,9-11,14-20H2,(H,28,31)(H,29,33). The molecule has 2 amide bonds. The van der Waals surface area contributed by atoms with Gasteiger partial charge in [-0.15, -0.1) is 13.2 Å². The quantitative estimate of drug-likeness (QED) is 0.270. The van der Waals surface area contributed by atoms with Gasteiger partial charge in [-0.05, 0) is 37.7 Å². The van der Waals surface area contributed by atoms with E-state index in [2.05, 4.69) is 23.8 Å². The molecule has 7 heteroatoms. The first kappa shape index (κ1) is 27.3. The summed E-state index contributed by atoms with van der Waals surface area (Å²) in [5, 5.41) is 15.6. The Labute approximate surface area is 202 Å². The lowest BCUT2D eigenvalue weighted by Gasteiger charge is -2.31. The van der Waals surface area contributed by atoms with Crippen LogP contribution in [0.5, 0.6) is 0 Å². The normalized spacial score (nSPS) is 16.1. The largest absolute Gasteiger partial charge is 0.463 e. The van der Waals surface area contributed by atoms with Gasteiger partial charge in [-0.3, -0.25) is 14.4 Å². The molecule has 2 unspecified atom stereocenters. The van der Waals surface area contributed by atoms with Crippen LogP contribution in [0.2, 0.25) is 0 Å². The second-order valence-electron chi connectivity index (χ2n) is 9.03. The molecule has 0 saturated heterocycles. The number of allylic oxidation sites excluding steroid dienone is 2. The first-order chi connectivity index (χ1) is 16.4. The monoisotopic (exact) mass is 470 g/mol. The average Bonchev–Trinajstić information content (AvgIpc) is 3.29. The predicted molar refractivity (Wildman–Crippen MR) is 132 cm³/mol. The summed E-state index contributed by atoms with van der Waals surface area (Å²) in [5.74, 6) is -1.45. The van der Waals surface area contributed by atoms with Gasteiger partial charge in [0.05, 0.1) is 24.1 Å². The van der Waals surface area contributed by atoms with E-state index in [1.807, 2.05) is 30.3 Å². The Bertz CT molecular complexity index is 818. The average molecular weight is 471 g/mol. The highest BCUT2D eigenvalue weighted by Gasteiger charge is 2.38. The SMILES string of the molecule is C=CCCC(=O)OCC1(NC(=O)C(CC=C)CC(=O)NC(CO)Cc2ccccc2)CCCC1. The van der Waals surface area contributed by atoms with Gasteiger partial charge in [0.1, 0.15) is 6.61 Å². The Morgan fingerprint density at radius 2 is 1.82 bits per heavy atom. The highest BCUT2D eigenvalue weighted by molar-refractivity contribution is 5.86. The summed E-state index contributed by atoms with van der Waals surface area (Å²) >= 11 is 0. The van der Waals surface area contributed by atoms with E-state index in [0.717, 1.165) is 31.2 Å². The summed E-state index contributed by atoms with van der Waals surface area (Å²) in [7, 11) is 0. The van der Waals surface area contributed by atoms with E-state index in [0.29, 0.717) is 19.3 Å². The topological polar surface area (TPSA) is 105 Å². The summed E-state index contributed by atoms with van der Waals surface area (Å²) in [5.41, 5.74) is 0.408. The number of rotatable bonds is 15. The summed E-state index contributed by atoms with van der Waals surface area (Å²) in [4.78, 5) is 37.8. The molecule has 1 fully saturated rings. The van der Waals surface area contributed by atoms with E-state index >= 15 is 0 Å². The van der Waals surface area contributed by atoms with Crippen molar-refractivity contribution in [1.82, 2.24) is 10.6 Å².